The molecule has 0 saturated carbocycles. The van der Waals surface area contributed by atoms with Gasteiger partial charge in [0, 0.05) is 25.3 Å². The molecule has 1 atom stereocenters. The summed E-state index contributed by atoms with van der Waals surface area (Å²) >= 11 is 0. The highest BCUT2D eigenvalue weighted by Crippen LogP contribution is 2.24. The predicted molar refractivity (Wildman–Crippen MR) is 85.7 cm³/mol. The first-order chi connectivity index (χ1) is 9.58. The lowest BCUT2D eigenvalue weighted by molar-refractivity contribution is 0.167. The Kier molecular flexibility index (Phi) is 7.24. The van der Waals surface area contributed by atoms with Crippen molar-refractivity contribution in [2.24, 2.45) is 11.7 Å². The minimum absolute atomic E-state index is 0.269. The van der Waals surface area contributed by atoms with E-state index in [1.807, 2.05) is 12.5 Å². The van der Waals surface area contributed by atoms with Gasteiger partial charge in [0.05, 0.1) is 18.1 Å². The zero-order valence-corrected chi connectivity index (χ0v) is 13.8. The van der Waals surface area contributed by atoms with Crippen LogP contribution in [0, 0.1) is 5.92 Å². The maximum atomic E-state index is 6.09. The molecule has 2 N–H and O–H groups in total. The van der Waals surface area contributed by atoms with Gasteiger partial charge in [0.1, 0.15) is 0 Å². The Bertz CT molecular complexity index is 368. The molecule has 0 aliphatic heterocycles. The molecule has 1 aromatic heterocycles. The lowest BCUT2D eigenvalue weighted by Gasteiger charge is -2.33. The predicted octanol–water partition coefficient (Wildman–Crippen LogP) is 3.22. The average molecular weight is 280 g/mol. The molecular formula is C16H32N4. The van der Waals surface area contributed by atoms with E-state index in [9.17, 15) is 0 Å². The van der Waals surface area contributed by atoms with Crippen molar-refractivity contribution in [2.75, 3.05) is 19.6 Å². The molecule has 0 spiro atoms. The summed E-state index contributed by atoms with van der Waals surface area (Å²) in [4.78, 5) is 6.84. The number of nitrogens with zero attached hydrogens (tertiary/aromatic N) is 3. The van der Waals surface area contributed by atoms with Crippen LogP contribution in [-0.2, 0) is 0 Å². The Labute approximate surface area is 124 Å². The van der Waals surface area contributed by atoms with Crippen molar-refractivity contribution in [1.82, 2.24) is 14.5 Å². The summed E-state index contributed by atoms with van der Waals surface area (Å²) in [6.07, 6.45) is 6.36. The van der Waals surface area contributed by atoms with Gasteiger partial charge < -0.3 is 10.3 Å². The molecule has 1 aromatic rings. The normalized spacial score (nSPS) is 13.7. The molecule has 0 bridgehead atoms. The highest BCUT2D eigenvalue weighted by molar-refractivity contribution is 5.08. The summed E-state index contributed by atoms with van der Waals surface area (Å²) < 4.78 is 2.24. The van der Waals surface area contributed by atoms with E-state index in [1.165, 1.54) is 18.5 Å². The first-order valence-electron chi connectivity index (χ1n) is 8.04. The maximum absolute atomic E-state index is 6.09. The van der Waals surface area contributed by atoms with Crippen LogP contribution < -0.4 is 5.73 Å². The van der Waals surface area contributed by atoms with Gasteiger partial charge in [-0.1, -0.05) is 33.6 Å². The standard InChI is InChI=1S/C16H32N4/c1-6-14(7-2)11-19(8-3)15(9-17)16-10-18-12-20(16)13(4)5/h10,12-15H,6-9,11,17H2,1-5H3. The van der Waals surface area contributed by atoms with Crippen LogP contribution >= 0.6 is 0 Å². The zero-order valence-electron chi connectivity index (χ0n) is 13.8. The van der Waals surface area contributed by atoms with E-state index >= 15 is 0 Å². The molecule has 116 valence electrons. The summed E-state index contributed by atoms with van der Waals surface area (Å²) in [5, 5.41) is 0. The Morgan fingerprint density at radius 2 is 1.90 bits per heavy atom. The number of aromatic nitrogens is 2. The Hall–Kier alpha value is -0.870. The molecule has 4 nitrogen and oxygen atoms in total. The third-order valence-corrected chi connectivity index (χ3v) is 4.31. The van der Waals surface area contributed by atoms with Crippen LogP contribution in [0.2, 0.25) is 0 Å². The molecule has 0 aliphatic carbocycles. The first-order valence-corrected chi connectivity index (χ1v) is 8.04. The first kappa shape index (κ1) is 17.2. The SMILES string of the molecule is CCC(CC)CN(CC)C(CN)c1cncn1C(C)C. The van der Waals surface area contributed by atoms with Crippen molar-refractivity contribution < 1.29 is 0 Å². The largest absolute Gasteiger partial charge is 0.331 e. The van der Waals surface area contributed by atoms with Crippen molar-refractivity contribution >= 4 is 0 Å². The average Bonchev–Trinajstić information content (AvgIpc) is 2.92. The van der Waals surface area contributed by atoms with E-state index in [4.69, 9.17) is 5.73 Å². The molecule has 1 unspecified atom stereocenters. The smallest absolute Gasteiger partial charge is 0.0951 e. The molecule has 20 heavy (non-hydrogen) atoms. The number of rotatable bonds is 9. The van der Waals surface area contributed by atoms with Crippen molar-refractivity contribution in [3.05, 3.63) is 18.2 Å². The van der Waals surface area contributed by atoms with Gasteiger partial charge >= 0.3 is 0 Å². The monoisotopic (exact) mass is 280 g/mol. The van der Waals surface area contributed by atoms with Gasteiger partial charge in [-0.2, -0.15) is 0 Å². The Morgan fingerprint density at radius 1 is 1.25 bits per heavy atom. The number of hydrogen-bond acceptors (Lipinski definition) is 3. The maximum Gasteiger partial charge on any atom is 0.0951 e. The minimum Gasteiger partial charge on any atom is -0.331 e. The molecule has 1 rings (SSSR count). The van der Waals surface area contributed by atoms with Crippen molar-refractivity contribution in [3.8, 4) is 0 Å². The molecule has 0 aromatic carbocycles. The fourth-order valence-electron chi connectivity index (χ4n) is 2.82. The number of likely N-dealkylation sites (N-methyl/N-ethyl adjacent to an activating group) is 1. The summed E-state index contributed by atoms with van der Waals surface area (Å²) in [6.45, 7) is 13.9. The summed E-state index contributed by atoms with van der Waals surface area (Å²) in [6, 6.07) is 0.693. The third kappa shape index (κ3) is 4.06. The van der Waals surface area contributed by atoms with Gasteiger partial charge in [-0.3, -0.25) is 4.90 Å². The van der Waals surface area contributed by atoms with E-state index in [2.05, 4.69) is 49.1 Å². The van der Waals surface area contributed by atoms with Gasteiger partial charge in [-0.25, -0.2) is 4.98 Å². The fourth-order valence-corrected chi connectivity index (χ4v) is 2.82. The van der Waals surface area contributed by atoms with E-state index in [-0.39, 0.29) is 6.04 Å². The minimum atomic E-state index is 0.269. The van der Waals surface area contributed by atoms with Crippen LogP contribution in [0.1, 0.15) is 65.2 Å². The van der Waals surface area contributed by atoms with E-state index in [1.54, 1.807) is 0 Å². The lowest BCUT2D eigenvalue weighted by atomic mass is 10.0. The van der Waals surface area contributed by atoms with Crippen molar-refractivity contribution in [1.29, 1.82) is 0 Å². The number of hydrogen-bond donors (Lipinski definition) is 1. The summed E-state index contributed by atoms with van der Waals surface area (Å²) in [5.74, 6) is 0.749. The van der Waals surface area contributed by atoms with Gasteiger partial charge in [0.25, 0.3) is 0 Å². The third-order valence-electron chi connectivity index (χ3n) is 4.31. The molecular weight excluding hydrogens is 248 g/mol. The highest BCUT2D eigenvalue weighted by atomic mass is 15.2. The van der Waals surface area contributed by atoms with E-state index < -0.39 is 0 Å². The van der Waals surface area contributed by atoms with Crippen molar-refractivity contribution in [3.63, 3.8) is 0 Å². The zero-order chi connectivity index (χ0) is 15.1. The van der Waals surface area contributed by atoms with Gasteiger partial charge in [0.15, 0.2) is 0 Å². The molecule has 0 saturated heterocycles. The number of imidazole rings is 1. The van der Waals surface area contributed by atoms with Gasteiger partial charge in [-0.15, -0.1) is 0 Å². The lowest BCUT2D eigenvalue weighted by Crippen LogP contribution is -2.38. The van der Waals surface area contributed by atoms with Gasteiger partial charge in [-0.05, 0) is 26.3 Å². The Morgan fingerprint density at radius 3 is 2.35 bits per heavy atom. The van der Waals surface area contributed by atoms with Crippen LogP contribution in [0.5, 0.6) is 0 Å². The van der Waals surface area contributed by atoms with Crippen LogP contribution in [0.25, 0.3) is 0 Å². The number of nitrogens with two attached hydrogens (primary N) is 1. The van der Waals surface area contributed by atoms with E-state index in [0.717, 1.165) is 19.0 Å². The second kappa shape index (κ2) is 8.42. The Balaban J connectivity index is 2.93. The second-order valence-electron chi connectivity index (χ2n) is 5.84. The second-order valence-corrected chi connectivity index (χ2v) is 5.84. The fraction of sp³-hybridized carbons (Fsp3) is 0.812. The molecule has 0 amide bonds. The van der Waals surface area contributed by atoms with Crippen LogP contribution in [0.3, 0.4) is 0 Å². The van der Waals surface area contributed by atoms with Crippen LogP contribution in [0.15, 0.2) is 12.5 Å². The molecule has 0 fully saturated rings. The van der Waals surface area contributed by atoms with Crippen LogP contribution in [0.4, 0.5) is 0 Å². The summed E-state index contributed by atoms with van der Waals surface area (Å²) in [7, 11) is 0. The quantitative estimate of drug-likeness (QED) is 0.755. The molecule has 0 radical (unpaired) electrons. The molecule has 1 heterocycles. The highest BCUT2D eigenvalue weighted by Gasteiger charge is 2.23. The van der Waals surface area contributed by atoms with Gasteiger partial charge in [0.2, 0.25) is 0 Å². The molecule has 0 aliphatic rings. The van der Waals surface area contributed by atoms with Crippen LogP contribution in [-0.4, -0.2) is 34.1 Å². The van der Waals surface area contributed by atoms with E-state index in [0.29, 0.717) is 12.6 Å². The summed E-state index contributed by atoms with van der Waals surface area (Å²) in [5.41, 5.74) is 7.33. The molecule has 4 heteroatoms. The van der Waals surface area contributed by atoms with Crippen molar-refractivity contribution in [2.45, 2.75) is 59.5 Å². The topological polar surface area (TPSA) is 47.1 Å².